The third-order valence-corrected chi connectivity index (χ3v) is 7.31. The van der Waals surface area contributed by atoms with Gasteiger partial charge in [-0.2, -0.15) is 0 Å². The normalized spacial score (nSPS) is 11.8. The van der Waals surface area contributed by atoms with Crippen molar-refractivity contribution in [2.45, 2.75) is 59.9 Å². The second-order valence-electron chi connectivity index (χ2n) is 11.6. The van der Waals surface area contributed by atoms with Crippen molar-refractivity contribution >= 4 is 50.2 Å². The lowest BCUT2D eigenvalue weighted by Gasteiger charge is -2.12. The van der Waals surface area contributed by atoms with E-state index in [4.69, 9.17) is 14.2 Å². The summed E-state index contributed by atoms with van der Waals surface area (Å²) in [6.45, 7) is 11.1. The summed E-state index contributed by atoms with van der Waals surface area (Å²) in [5.74, 6) is -0.932. The second kappa shape index (κ2) is 16.9. The fourth-order valence-corrected chi connectivity index (χ4v) is 4.93. The van der Waals surface area contributed by atoms with Crippen LogP contribution in [0.25, 0.3) is 0 Å². The van der Waals surface area contributed by atoms with E-state index in [1.807, 2.05) is 41.5 Å². The number of ether oxygens (including phenoxy) is 3. The van der Waals surface area contributed by atoms with Crippen LogP contribution in [0.5, 0.6) is 17.2 Å². The van der Waals surface area contributed by atoms with E-state index in [2.05, 4.69) is 30.7 Å². The predicted octanol–water partition coefficient (Wildman–Crippen LogP) is 7.81. The number of hydrogen-bond acceptors (Lipinski definition) is 9. The molecule has 13 heteroatoms. The predicted molar refractivity (Wildman–Crippen MR) is 189 cm³/mol. The second-order valence-corrected chi connectivity index (χ2v) is 12.7. The molecule has 0 aromatic heterocycles. The third kappa shape index (κ3) is 9.90. The lowest BCUT2D eigenvalue weighted by Crippen LogP contribution is -2.09. The average molecular weight is 679 g/mol. The first-order chi connectivity index (χ1) is 23.4. The van der Waals surface area contributed by atoms with Crippen LogP contribution in [0.15, 0.2) is 116 Å². The molecule has 0 aliphatic rings. The van der Waals surface area contributed by atoms with Gasteiger partial charge in [-0.3, -0.25) is 14.4 Å². The zero-order valence-electron chi connectivity index (χ0n) is 28.4. The summed E-state index contributed by atoms with van der Waals surface area (Å²) in [5, 5.41) is 25.2. The number of benzene rings is 4. The van der Waals surface area contributed by atoms with E-state index in [0.29, 0.717) is 32.7 Å². The van der Waals surface area contributed by atoms with Gasteiger partial charge in [0.25, 0.3) is 17.7 Å². The summed E-state index contributed by atoms with van der Waals surface area (Å²) in [6.07, 6.45) is -0.533. The van der Waals surface area contributed by atoms with E-state index in [-0.39, 0.29) is 52.1 Å². The molecule has 0 atom stereocenters. The molecule has 49 heavy (non-hydrogen) atoms. The lowest BCUT2D eigenvalue weighted by atomic mass is 10.2. The van der Waals surface area contributed by atoms with Crippen molar-refractivity contribution in [1.82, 2.24) is 0 Å². The maximum absolute atomic E-state index is 13.3. The number of azo groups is 3. The van der Waals surface area contributed by atoms with Crippen LogP contribution in [-0.4, -0.2) is 46.3 Å². The number of carbonyl (C=O) groups excluding carboxylic acids is 3. The Morgan fingerprint density at radius 1 is 0.490 bits per heavy atom. The number of nitrogens with zero attached hydrogens (tertiary/aromatic N) is 6. The fourth-order valence-electron chi connectivity index (χ4n) is 4.43. The van der Waals surface area contributed by atoms with Crippen LogP contribution in [0.3, 0.4) is 0 Å². The highest BCUT2D eigenvalue weighted by atomic mass is 28.1. The number of amides is 3. The molecular weight excluding hydrogens is 641 g/mol. The van der Waals surface area contributed by atoms with Crippen molar-refractivity contribution in [2.75, 3.05) is 0 Å². The van der Waals surface area contributed by atoms with Gasteiger partial charge in [0.2, 0.25) is 0 Å². The zero-order chi connectivity index (χ0) is 35.5. The molecule has 0 unspecified atom stereocenters. The molecule has 0 bridgehead atoms. The Balaban J connectivity index is 1.78. The van der Waals surface area contributed by atoms with Gasteiger partial charge in [-0.05, 0) is 89.2 Å². The summed E-state index contributed by atoms with van der Waals surface area (Å²) >= 11 is 0. The largest absolute Gasteiger partial charge is 0.490 e. The Kier molecular flexibility index (Phi) is 12.5. The molecule has 0 fully saturated rings. The van der Waals surface area contributed by atoms with E-state index in [1.54, 1.807) is 84.9 Å². The Morgan fingerprint density at radius 2 is 0.837 bits per heavy atom. The van der Waals surface area contributed by atoms with E-state index in [1.165, 1.54) is 0 Å². The lowest BCUT2D eigenvalue weighted by molar-refractivity contribution is 0.0980. The van der Waals surface area contributed by atoms with Gasteiger partial charge in [0, 0.05) is 10.2 Å². The molecule has 4 aromatic rings. The van der Waals surface area contributed by atoms with Crippen LogP contribution in [0.4, 0.5) is 17.1 Å². The number of hydrogen-bond donors (Lipinski definition) is 0. The number of rotatable bonds is 12. The van der Waals surface area contributed by atoms with Crippen molar-refractivity contribution in [3.63, 3.8) is 0 Å². The Hall–Kier alpha value is -5.69. The molecular formula is C36H38N6O6Si. The van der Waals surface area contributed by atoms with Crippen LogP contribution < -0.4 is 19.4 Å². The SMILES string of the molecule is CC(C)Oc1ccccc1C(=O)N=Nc1ccc([SiH3])c(N=NC(=O)c2ccccc2OC(C)C)c1N=NC(=O)c1ccccc1OC(C)C. The van der Waals surface area contributed by atoms with Crippen molar-refractivity contribution in [3.05, 3.63) is 102 Å². The maximum atomic E-state index is 13.3. The quantitative estimate of drug-likeness (QED) is 0.110. The molecule has 12 nitrogen and oxygen atoms in total. The first-order valence-corrected chi connectivity index (χ1v) is 16.7. The summed E-state index contributed by atoms with van der Waals surface area (Å²) in [5.41, 5.74) is 0.851. The van der Waals surface area contributed by atoms with E-state index < -0.39 is 17.7 Å². The summed E-state index contributed by atoms with van der Waals surface area (Å²) in [6, 6.07) is 23.4. The molecule has 0 spiro atoms. The fraction of sp³-hybridized carbons (Fsp3) is 0.250. The minimum absolute atomic E-state index is 0.00496. The molecule has 0 aliphatic heterocycles. The van der Waals surface area contributed by atoms with Gasteiger partial charge in [0.1, 0.15) is 34.3 Å². The van der Waals surface area contributed by atoms with E-state index >= 15 is 0 Å². The first kappa shape index (κ1) is 36.1. The van der Waals surface area contributed by atoms with Gasteiger partial charge >= 0.3 is 0 Å². The molecule has 252 valence electrons. The van der Waals surface area contributed by atoms with Gasteiger partial charge < -0.3 is 14.2 Å². The van der Waals surface area contributed by atoms with Crippen LogP contribution in [0.1, 0.15) is 72.6 Å². The van der Waals surface area contributed by atoms with Crippen LogP contribution in [0.2, 0.25) is 0 Å². The van der Waals surface area contributed by atoms with Crippen molar-refractivity contribution in [2.24, 2.45) is 30.7 Å². The molecule has 0 radical (unpaired) electrons. The molecule has 0 saturated carbocycles. The molecule has 0 N–H and O–H groups in total. The smallest absolute Gasteiger partial charge is 0.299 e. The number of para-hydroxylation sites is 3. The third-order valence-electron chi connectivity index (χ3n) is 6.50. The van der Waals surface area contributed by atoms with Gasteiger partial charge in [0.05, 0.1) is 35.0 Å². The zero-order valence-corrected chi connectivity index (χ0v) is 30.4. The summed E-state index contributed by atoms with van der Waals surface area (Å²) in [4.78, 5) is 39.7. The minimum atomic E-state index is -0.688. The van der Waals surface area contributed by atoms with E-state index in [9.17, 15) is 14.4 Å². The monoisotopic (exact) mass is 678 g/mol. The van der Waals surface area contributed by atoms with Crippen molar-refractivity contribution in [1.29, 1.82) is 0 Å². The van der Waals surface area contributed by atoms with Gasteiger partial charge in [-0.25, -0.2) is 0 Å². The highest BCUT2D eigenvalue weighted by Gasteiger charge is 2.19. The molecule has 4 rings (SSSR count). The molecule has 0 saturated heterocycles. The van der Waals surface area contributed by atoms with Crippen LogP contribution in [0, 0.1) is 0 Å². The Bertz CT molecular complexity index is 1920. The number of carbonyl (C=O) groups is 3. The summed E-state index contributed by atoms with van der Waals surface area (Å²) in [7, 11) is 0.450. The first-order valence-electron chi connectivity index (χ1n) is 15.7. The van der Waals surface area contributed by atoms with E-state index in [0.717, 1.165) is 0 Å². The topological polar surface area (TPSA) is 153 Å². The van der Waals surface area contributed by atoms with Crippen molar-refractivity contribution in [3.8, 4) is 17.2 Å². The summed E-state index contributed by atoms with van der Waals surface area (Å²) < 4.78 is 17.3. The van der Waals surface area contributed by atoms with Gasteiger partial charge in [0.15, 0.2) is 0 Å². The molecule has 3 amide bonds. The minimum Gasteiger partial charge on any atom is -0.490 e. The van der Waals surface area contributed by atoms with Gasteiger partial charge in [-0.15, -0.1) is 30.7 Å². The standard InChI is InChI=1S/C36H38N6O6Si/c1-21(2)46-28-16-10-7-13-24(28)34(43)40-37-27-19-20-31(49)33(39-42-36(45)26-15-9-12-18-30(26)48-23(5)6)32(27)38-41-35(44)25-14-8-11-17-29(25)47-22(3)4/h7-23H,1-6,49H3. The maximum Gasteiger partial charge on any atom is 0.299 e. The van der Waals surface area contributed by atoms with Crippen molar-refractivity contribution < 1.29 is 28.6 Å². The Morgan fingerprint density at radius 3 is 1.22 bits per heavy atom. The molecule has 0 heterocycles. The Labute approximate surface area is 287 Å². The highest BCUT2D eigenvalue weighted by molar-refractivity contribution is 6.36. The van der Waals surface area contributed by atoms with Crippen LogP contribution >= 0.6 is 0 Å². The van der Waals surface area contributed by atoms with Crippen LogP contribution in [-0.2, 0) is 0 Å². The highest BCUT2D eigenvalue weighted by Crippen LogP contribution is 2.38. The average Bonchev–Trinajstić information content (AvgIpc) is 3.06. The van der Waals surface area contributed by atoms with Gasteiger partial charge in [-0.1, -0.05) is 42.5 Å². The molecule has 0 aliphatic carbocycles. The molecule has 4 aromatic carbocycles.